The molecule has 0 aliphatic carbocycles. The molecule has 0 saturated carbocycles. The highest BCUT2D eigenvalue weighted by Gasteiger charge is 2.11. The summed E-state index contributed by atoms with van der Waals surface area (Å²) in [6.07, 6.45) is 3.51. The van der Waals surface area contributed by atoms with Crippen LogP contribution in [-0.4, -0.2) is 22.0 Å². The maximum Gasteiger partial charge on any atom is 0.213 e. The van der Waals surface area contributed by atoms with Gasteiger partial charge in [-0.25, -0.2) is 15.0 Å². The molecule has 6 heteroatoms. The third kappa shape index (κ3) is 3.07. The molecule has 108 valence electrons. The third-order valence-electron chi connectivity index (χ3n) is 3.16. The fourth-order valence-corrected chi connectivity index (χ4v) is 2.04. The van der Waals surface area contributed by atoms with Crippen LogP contribution in [0, 0.1) is 13.8 Å². The Morgan fingerprint density at radius 2 is 1.95 bits per heavy atom. The first-order chi connectivity index (χ1) is 9.65. The largest absolute Gasteiger partial charge is 0.444 e. The molecule has 0 bridgehead atoms. The highest BCUT2D eigenvalue weighted by atomic mass is 16.4. The number of anilines is 2. The number of hydrogen-bond acceptors (Lipinski definition) is 6. The Morgan fingerprint density at radius 3 is 2.55 bits per heavy atom. The Labute approximate surface area is 119 Å². The van der Waals surface area contributed by atoms with E-state index in [-0.39, 0.29) is 0 Å². The Morgan fingerprint density at radius 1 is 1.20 bits per heavy atom. The van der Waals surface area contributed by atoms with Gasteiger partial charge in [0.1, 0.15) is 23.7 Å². The van der Waals surface area contributed by atoms with Crippen molar-refractivity contribution in [2.45, 2.75) is 40.2 Å². The molecule has 6 nitrogen and oxygen atoms in total. The Bertz CT molecular complexity index is 559. The van der Waals surface area contributed by atoms with Gasteiger partial charge in [0.05, 0.1) is 12.2 Å². The summed E-state index contributed by atoms with van der Waals surface area (Å²) in [5.74, 6) is 3.23. The zero-order valence-electron chi connectivity index (χ0n) is 12.4. The van der Waals surface area contributed by atoms with E-state index in [2.05, 4.69) is 32.5 Å². The Kier molecular flexibility index (Phi) is 4.55. The predicted octanol–water partition coefficient (Wildman–Crippen LogP) is 2.69. The van der Waals surface area contributed by atoms with E-state index in [9.17, 15) is 0 Å². The molecule has 2 aromatic rings. The van der Waals surface area contributed by atoms with Gasteiger partial charge in [0.25, 0.3) is 0 Å². The van der Waals surface area contributed by atoms with E-state index in [0.29, 0.717) is 12.4 Å². The van der Waals surface area contributed by atoms with Crippen LogP contribution in [0.3, 0.4) is 0 Å². The topological polar surface area (TPSA) is 75.9 Å². The molecule has 0 spiro atoms. The molecule has 0 atom stereocenters. The van der Waals surface area contributed by atoms with Crippen molar-refractivity contribution in [2.24, 2.45) is 0 Å². The van der Waals surface area contributed by atoms with Gasteiger partial charge in [0, 0.05) is 12.6 Å². The molecule has 0 aromatic carbocycles. The number of hydrogen-bond donors (Lipinski definition) is 2. The zero-order chi connectivity index (χ0) is 14.5. The standard InChI is InChI=1S/C14H21N5O/c1-5-6-11-13(15-4)17-8-18-14(11)16-7-12-19-9(2)10(3)20-12/h8H,5-7H2,1-4H3,(H2,15,16,17,18). The minimum atomic E-state index is 0.519. The monoisotopic (exact) mass is 275 g/mol. The summed E-state index contributed by atoms with van der Waals surface area (Å²) in [5, 5.41) is 6.38. The summed E-state index contributed by atoms with van der Waals surface area (Å²) in [6, 6.07) is 0. The van der Waals surface area contributed by atoms with E-state index in [1.165, 1.54) is 0 Å². The maximum absolute atomic E-state index is 5.56. The molecule has 0 aliphatic rings. The van der Waals surface area contributed by atoms with Crippen molar-refractivity contribution in [1.82, 2.24) is 15.0 Å². The van der Waals surface area contributed by atoms with Crippen LogP contribution in [0.25, 0.3) is 0 Å². The highest BCUT2D eigenvalue weighted by Crippen LogP contribution is 2.21. The fourth-order valence-electron chi connectivity index (χ4n) is 2.04. The molecule has 20 heavy (non-hydrogen) atoms. The molecule has 0 aliphatic heterocycles. The maximum atomic E-state index is 5.56. The van der Waals surface area contributed by atoms with E-state index in [4.69, 9.17) is 4.42 Å². The van der Waals surface area contributed by atoms with Crippen LogP contribution in [0.15, 0.2) is 10.7 Å². The molecular formula is C14H21N5O. The SMILES string of the molecule is CCCc1c(NC)ncnc1NCc1nc(C)c(C)o1. The van der Waals surface area contributed by atoms with Gasteiger partial charge in [0.2, 0.25) is 5.89 Å². The van der Waals surface area contributed by atoms with Crippen LogP contribution in [0.2, 0.25) is 0 Å². The summed E-state index contributed by atoms with van der Waals surface area (Å²) >= 11 is 0. The number of nitrogens with zero attached hydrogens (tertiary/aromatic N) is 3. The molecule has 0 unspecified atom stereocenters. The van der Waals surface area contributed by atoms with Crippen LogP contribution in [0.4, 0.5) is 11.6 Å². The summed E-state index contributed by atoms with van der Waals surface area (Å²) in [6.45, 7) is 6.51. The van der Waals surface area contributed by atoms with Crippen LogP contribution in [0.5, 0.6) is 0 Å². The van der Waals surface area contributed by atoms with Gasteiger partial charge in [-0.2, -0.15) is 0 Å². The van der Waals surface area contributed by atoms with E-state index >= 15 is 0 Å². The predicted molar refractivity (Wildman–Crippen MR) is 78.9 cm³/mol. The van der Waals surface area contributed by atoms with Crippen molar-refractivity contribution >= 4 is 11.6 Å². The van der Waals surface area contributed by atoms with Gasteiger partial charge < -0.3 is 15.1 Å². The molecule has 2 N–H and O–H groups in total. The summed E-state index contributed by atoms with van der Waals surface area (Å²) in [7, 11) is 1.87. The molecule has 0 saturated heterocycles. The number of oxazole rings is 1. The average Bonchev–Trinajstić information content (AvgIpc) is 2.77. The number of aromatic nitrogens is 3. The molecule has 2 aromatic heterocycles. The second kappa shape index (κ2) is 6.36. The second-order valence-corrected chi connectivity index (χ2v) is 4.65. The lowest BCUT2D eigenvalue weighted by atomic mass is 10.1. The number of nitrogens with one attached hydrogen (secondary N) is 2. The summed E-state index contributed by atoms with van der Waals surface area (Å²) in [5.41, 5.74) is 2.02. The van der Waals surface area contributed by atoms with Gasteiger partial charge in [-0.1, -0.05) is 13.3 Å². The summed E-state index contributed by atoms with van der Waals surface area (Å²) < 4.78 is 5.56. The highest BCUT2D eigenvalue weighted by molar-refractivity contribution is 5.57. The van der Waals surface area contributed by atoms with Crippen molar-refractivity contribution in [3.05, 3.63) is 29.2 Å². The first kappa shape index (κ1) is 14.3. The van der Waals surface area contributed by atoms with Crippen molar-refractivity contribution in [3.8, 4) is 0 Å². The average molecular weight is 275 g/mol. The summed E-state index contributed by atoms with van der Waals surface area (Å²) in [4.78, 5) is 12.9. The van der Waals surface area contributed by atoms with Gasteiger partial charge in [-0.15, -0.1) is 0 Å². The fraction of sp³-hybridized carbons (Fsp3) is 0.500. The van der Waals surface area contributed by atoms with Crippen molar-refractivity contribution < 1.29 is 4.42 Å². The van der Waals surface area contributed by atoms with Crippen molar-refractivity contribution in [3.63, 3.8) is 0 Å². The van der Waals surface area contributed by atoms with E-state index in [1.54, 1.807) is 6.33 Å². The van der Waals surface area contributed by atoms with E-state index < -0.39 is 0 Å². The van der Waals surface area contributed by atoms with Crippen LogP contribution < -0.4 is 10.6 Å². The first-order valence-corrected chi connectivity index (χ1v) is 6.84. The Hall–Kier alpha value is -2.11. The minimum absolute atomic E-state index is 0.519. The molecule has 2 heterocycles. The van der Waals surface area contributed by atoms with Crippen LogP contribution in [0.1, 0.15) is 36.3 Å². The van der Waals surface area contributed by atoms with E-state index in [1.807, 2.05) is 20.9 Å². The zero-order valence-corrected chi connectivity index (χ0v) is 12.4. The lowest BCUT2D eigenvalue weighted by Crippen LogP contribution is -2.08. The van der Waals surface area contributed by atoms with Crippen molar-refractivity contribution in [1.29, 1.82) is 0 Å². The van der Waals surface area contributed by atoms with Gasteiger partial charge in [0.15, 0.2) is 0 Å². The molecule has 0 fully saturated rings. The number of rotatable bonds is 6. The third-order valence-corrected chi connectivity index (χ3v) is 3.16. The molecular weight excluding hydrogens is 254 g/mol. The van der Waals surface area contributed by atoms with Crippen LogP contribution >= 0.6 is 0 Å². The van der Waals surface area contributed by atoms with Gasteiger partial charge in [-0.05, 0) is 20.3 Å². The molecule has 2 rings (SSSR count). The van der Waals surface area contributed by atoms with Gasteiger partial charge in [-0.3, -0.25) is 0 Å². The minimum Gasteiger partial charge on any atom is -0.444 e. The van der Waals surface area contributed by atoms with Crippen LogP contribution in [-0.2, 0) is 13.0 Å². The quantitative estimate of drug-likeness (QED) is 0.844. The first-order valence-electron chi connectivity index (χ1n) is 6.84. The smallest absolute Gasteiger partial charge is 0.213 e. The lowest BCUT2D eigenvalue weighted by molar-refractivity contribution is 0.478. The Balaban J connectivity index is 2.16. The second-order valence-electron chi connectivity index (χ2n) is 4.65. The molecule has 0 amide bonds. The lowest BCUT2D eigenvalue weighted by Gasteiger charge is -2.12. The molecule has 0 radical (unpaired) electrons. The van der Waals surface area contributed by atoms with Gasteiger partial charge >= 0.3 is 0 Å². The normalized spacial score (nSPS) is 10.6. The van der Waals surface area contributed by atoms with Crippen molar-refractivity contribution in [2.75, 3.05) is 17.7 Å². The number of aryl methyl sites for hydroxylation is 2. The van der Waals surface area contributed by atoms with E-state index in [0.717, 1.165) is 41.5 Å².